The molecule has 1 aromatic rings. The third-order valence-corrected chi connectivity index (χ3v) is 0.905. The normalized spacial score (nSPS) is 9.25. The van der Waals surface area contributed by atoms with Gasteiger partial charge >= 0.3 is 6.08 Å². The number of azide groups is 1. The Hall–Kier alpha value is -1.82. The summed E-state index contributed by atoms with van der Waals surface area (Å²) >= 11 is 0. The topological polar surface area (TPSA) is 74.5 Å². The monoisotopic (exact) mass is 175 g/mol. The minimum Gasteiger partial charge on any atom is -0.200 e. The minimum atomic E-state index is -1.69. The van der Waals surface area contributed by atoms with Crippen LogP contribution in [0.4, 0.5) is 19.0 Å². The van der Waals surface area contributed by atoms with Gasteiger partial charge in [0.2, 0.25) is 5.82 Å². The van der Waals surface area contributed by atoms with Crippen LogP contribution >= 0.6 is 0 Å². The lowest BCUT2D eigenvalue weighted by atomic mass is 10.5. The average Bonchev–Trinajstić information content (AvgIpc) is 2.00. The second-order valence-corrected chi connectivity index (χ2v) is 1.61. The van der Waals surface area contributed by atoms with E-state index in [2.05, 4.69) is 20.0 Å². The summed E-state index contributed by atoms with van der Waals surface area (Å²) < 4.78 is 36.8. The van der Waals surface area contributed by atoms with E-state index in [-0.39, 0.29) is 0 Å². The molecule has 0 atom stereocenters. The van der Waals surface area contributed by atoms with Gasteiger partial charge in [0.1, 0.15) is 0 Å². The van der Waals surface area contributed by atoms with Crippen molar-refractivity contribution in [2.45, 2.75) is 0 Å². The summed E-state index contributed by atoms with van der Waals surface area (Å²) in [6, 6.07) is 0. The van der Waals surface area contributed by atoms with Crippen molar-refractivity contribution in [3.63, 3.8) is 0 Å². The molecule has 0 aromatic carbocycles. The molecule has 0 unspecified atom stereocenters. The Bertz CT molecular complexity index is 358. The Morgan fingerprint density at radius 3 is 2.50 bits per heavy atom. The molecule has 0 radical (unpaired) electrons. The van der Waals surface area contributed by atoms with Gasteiger partial charge in [-0.15, -0.1) is 0 Å². The van der Waals surface area contributed by atoms with Gasteiger partial charge in [-0.25, -0.2) is 0 Å². The second-order valence-electron chi connectivity index (χ2n) is 1.61. The van der Waals surface area contributed by atoms with Crippen molar-refractivity contribution in [1.82, 2.24) is 9.97 Å². The second kappa shape index (κ2) is 3.05. The average molecular weight is 175 g/mol. The molecule has 1 rings (SSSR count). The lowest BCUT2D eigenvalue weighted by Gasteiger charge is -1.93. The largest absolute Gasteiger partial charge is 0.311 e. The Kier molecular flexibility index (Phi) is 2.11. The van der Waals surface area contributed by atoms with Crippen LogP contribution in [0.3, 0.4) is 0 Å². The summed E-state index contributed by atoms with van der Waals surface area (Å²) in [5, 5.41) is 2.60. The van der Waals surface area contributed by atoms with Crippen LogP contribution in [-0.4, -0.2) is 9.97 Å². The Labute approximate surface area is 63.5 Å². The Balaban J connectivity index is 3.36. The van der Waals surface area contributed by atoms with Crippen LogP contribution in [0.1, 0.15) is 0 Å². The molecular formula is C4F3N5. The third kappa shape index (κ3) is 1.43. The highest BCUT2D eigenvalue weighted by Gasteiger charge is 2.12. The molecule has 8 heteroatoms. The summed E-state index contributed by atoms with van der Waals surface area (Å²) in [6.45, 7) is 0. The molecule has 0 aliphatic carbocycles. The van der Waals surface area contributed by atoms with Gasteiger partial charge in [-0.3, -0.25) is 0 Å². The molecule has 12 heavy (non-hydrogen) atoms. The van der Waals surface area contributed by atoms with Gasteiger partial charge in [0.05, 0.1) is 0 Å². The van der Waals surface area contributed by atoms with Gasteiger partial charge in [-0.05, 0) is 10.6 Å². The molecule has 0 bridgehead atoms. The molecule has 1 aromatic heterocycles. The summed E-state index contributed by atoms with van der Waals surface area (Å²) in [6.07, 6.45) is -1.49. The number of halogens is 3. The van der Waals surface area contributed by atoms with E-state index in [1.54, 1.807) is 0 Å². The molecule has 0 N–H and O–H groups in total. The smallest absolute Gasteiger partial charge is 0.200 e. The fourth-order valence-corrected chi connectivity index (χ4v) is 0.492. The number of hydrogen-bond donors (Lipinski definition) is 0. The van der Waals surface area contributed by atoms with Crippen molar-refractivity contribution in [2.75, 3.05) is 0 Å². The van der Waals surface area contributed by atoms with Gasteiger partial charge in [-0.1, -0.05) is 0 Å². The Morgan fingerprint density at radius 1 is 1.25 bits per heavy atom. The highest BCUT2D eigenvalue weighted by Crippen LogP contribution is 2.15. The van der Waals surface area contributed by atoms with Gasteiger partial charge in [0, 0.05) is 4.91 Å². The van der Waals surface area contributed by atoms with Crippen molar-refractivity contribution in [2.24, 2.45) is 5.11 Å². The van der Waals surface area contributed by atoms with Crippen LogP contribution in [0.5, 0.6) is 0 Å². The van der Waals surface area contributed by atoms with E-state index in [4.69, 9.17) is 5.53 Å². The van der Waals surface area contributed by atoms with E-state index >= 15 is 0 Å². The maximum absolute atomic E-state index is 12.4. The number of aromatic nitrogens is 2. The molecule has 5 nitrogen and oxygen atoms in total. The predicted octanol–water partition coefficient (Wildman–Crippen LogP) is 1.84. The SMILES string of the molecule is [N-]=[N+]=Nc1nc(F)nc(F)c1F. The van der Waals surface area contributed by atoms with Crippen molar-refractivity contribution in [3.05, 3.63) is 28.3 Å². The fraction of sp³-hybridized carbons (Fsp3) is 0. The molecule has 0 spiro atoms. The maximum atomic E-state index is 12.4. The summed E-state index contributed by atoms with van der Waals surface area (Å²) in [7, 11) is 0. The Morgan fingerprint density at radius 2 is 1.92 bits per heavy atom. The third-order valence-electron chi connectivity index (χ3n) is 0.905. The van der Waals surface area contributed by atoms with E-state index in [0.29, 0.717) is 0 Å². The van der Waals surface area contributed by atoms with E-state index in [1.807, 2.05) is 0 Å². The zero-order valence-electron chi connectivity index (χ0n) is 5.37. The molecule has 1 heterocycles. The maximum Gasteiger partial charge on any atom is 0.311 e. The van der Waals surface area contributed by atoms with Crippen LogP contribution in [0.15, 0.2) is 5.11 Å². The number of rotatable bonds is 1. The first-order valence-corrected chi connectivity index (χ1v) is 2.58. The van der Waals surface area contributed by atoms with Crippen molar-refractivity contribution < 1.29 is 13.2 Å². The van der Waals surface area contributed by atoms with Crippen LogP contribution < -0.4 is 0 Å². The first kappa shape index (κ1) is 8.28. The number of nitrogens with zero attached hydrogens (tertiary/aromatic N) is 5. The molecular weight excluding hydrogens is 175 g/mol. The first-order chi connectivity index (χ1) is 5.65. The highest BCUT2D eigenvalue weighted by molar-refractivity contribution is 5.26. The molecule has 0 saturated heterocycles. The van der Waals surface area contributed by atoms with Crippen molar-refractivity contribution in [1.29, 1.82) is 0 Å². The zero-order valence-corrected chi connectivity index (χ0v) is 5.37. The number of hydrogen-bond acceptors (Lipinski definition) is 3. The standard InChI is InChI=1S/C4F3N5/c5-1-2(6)9-4(7)10-3(1)11-12-8. The lowest BCUT2D eigenvalue weighted by Crippen LogP contribution is -1.97. The van der Waals surface area contributed by atoms with E-state index in [1.165, 1.54) is 0 Å². The highest BCUT2D eigenvalue weighted by atomic mass is 19.2. The van der Waals surface area contributed by atoms with Crippen molar-refractivity contribution in [3.8, 4) is 0 Å². The zero-order chi connectivity index (χ0) is 9.14. The van der Waals surface area contributed by atoms with Crippen LogP contribution in [0, 0.1) is 17.8 Å². The first-order valence-electron chi connectivity index (χ1n) is 2.58. The van der Waals surface area contributed by atoms with E-state index in [0.717, 1.165) is 0 Å². The fourth-order valence-electron chi connectivity index (χ4n) is 0.492. The van der Waals surface area contributed by atoms with Crippen LogP contribution in [0.2, 0.25) is 0 Å². The quantitative estimate of drug-likeness (QED) is 0.214. The lowest BCUT2D eigenvalue weighted by molar-refractivity contribution is 0.428. The summed E-state index contributed by atoms with van der Waals surface area (Å²) in [4.78, 5) is 7.23. The van der Waals surface area contributed by atoms with Gasteiger partial charge in [0.15, 0.2) is 5.82 Å². The minimum absolute atomic E-state index is 0.998. The van der Waals surface area contributed by atoms with Crippen LogP contribution in [-0.2, 0) is 0 Å². The van der Waals surface area contributed by atoms with E-state index in [9.17, 15) is 13.2 Å². The molecule has 0 amide bonds. The predicted molar refractivity (Wildman–Crippen MR) is 30.7 cm³/mol. The molecule has 0 saturated carbocycles. The van der Waals surface area contributed by atoms with Gasteiger partial charge < -0.3 is 0 Å². The molecule has 0 aliphatic heterocycles. The molecule has 0 aliphatic rings. The van der Waals surface area contributed by atoms with Crippen LogP contribution in [0.25, 0.3) is 10.4 Å². The summed E-state index contributed by atoms with van der Waals surface area (Å²) in [5.41, 5.74) is 7.81. The van der Waals surface area contributed by atoms with Gasteiger partial charge in [0.25, 0.3) is 5.95 Å². The van der Waals surface area contributed by atoms with E-state index < -0.39 is 23.7 Å². The van der Waals surface area contributed by atoms with Crippen molar-refractivity contribution >= 4 is 5.82 Å². The molecule has 0 fully saturated rings. The molecule has 62 valence electrons. The summed E-state index contributed by atoms with van der Waals surface area (Å²) in [5.74, 6) is -4.26. The van der Waals surface area contributed by atoms with Gasteiger partial charge in [-0.2, -0.15) is 23.1 Å².